The van der Waals surface area contributed by atoms with E-state index >= 15 is 0 Å². The Kier molecular flexibility index (Phi) is 10.4. The Morgan fingerprint density at radius 1 is 1.27 bits per heavy atom. The van der Waals surface area contributed by atoms with Crippen molar-refractivity contribution in [3.05, 3.63) is 18.2 Å². The van der Waals surface area contributed by atoms with Crippen molar-refractivity contribution in [2.24, 2.45) is 0 Å². The van der Waals surface area contributed by atoms with Crippen LogP contribution in [-0.4, -0.2) is 45.9 Å². The molecule has 22 heavy (non-hydrogen) atoms. The number of benzene rings is 1. The second-order valence-corrected chi connectivity index (χ2v) is 4.75. The van der Waals surface area contributed by atoms with Crippen molar-refractivity contribution in [2.45, 2.75) is 20.0 Å². The summed E-state index contributed by atoms with van der Waals surface area (Å²) in [6.45, 7) is 5.26. The van der Waals surface area contributed by atoms with Crippen LogP contribution in [0.5, 0.6) is 11.5 Å². The molecule has 0 atom stereocenters. The molecule has 1 amide bonds. The Labute approximate surface area is 137 Å². The molecule has 0 aromatic heterocycles. The summed E-state index contributed by atoms with van der Waals surface area (Å²) in [6.07, 6.45) is 0.0221. The second-order valence-electron chi connectivity index (χ2n) is 4.75. The van der Waals surface area contributed by atoms with E-state index in [2.05, 4.69) is 10.6 Å². The van der Waals surface area contributed by atoms with Gasteiger partial charge in [-0.2, -0.15) is 0 Å². The number of amides is 1. The van der Waals surface area contributed by atoms with E-state index in [9.17, 15) is 4.79 Å². The average Bonchev–Trinajstić information content (AvgIpc) is 2.45. The first-order chi connectivity index (χ1) is 10.1. The van der Waals surface area contributed by atoms with Crippen molar-refractivity contribution < 1.29 is 19.0 Å². The van der Waals surface area contributed by atoms with Crippen LogP contribution in [-0.2, 0) is 9.53 Å². The fourth-order valence-corrected chi connectivity index (χ4v) is 1.66. The quantitative estimate of drug-likeness (QED) is 0.678. The molecule has 0 spiro atoms. The van der Waals surface area contributed by atoms with Gasteiger partial charge in [-0.25, -0.2) is 0 Å². The summed E-state index contributed by atoms with van der Waals surface area (Å²) >= 11 is 0. The molecule has 0 radical (unpaired) electrons. The molecular formula is C15H25ClN2O4. The van der Waals surface area contributed by atoms with E-state index in [0.29, 0.717) is 30.3 Å². The lowest BCUT2D eigenvalue weighted by Crippen LogP contribution is -2.30. The van der Waals surface area contributed by atoms with E-state index in [1.54, 1.807) is 32.4 Å². The zero-order valence-electron chi connectivity index (χ0n) is 13.5. The molecule has 0 bridgehead atoms. The van der Waals surface area contributed by atoms with Crippen molar-refractivity contribution in [2.75, 3.05) is 39.2 Å². The lowest BCUT2D eigenvalue weighted by molar-refractivity contribution is -0.115. The predicted molar refractivity (Wildman–Crippen MR) is 89.4 cm³/mol. The highest BCUT2D eigenvalue weighted by atomic mass is 35.5. The molecule has 1 rings (SSSR count). The van der Waals surface area contributed by atoms with Gasteiger partial charge in [0.15, 0.2) is 0 Å². The highest BCUT2D eigenvalue weighted by Gasteiger charge is 2.10. The molecule has 1 aromatic carbocycles. The minimum absolute atomic E-state index is 0. The van der Waals surface area contributed by atoms with Crippen LogP contribution in [0.2, 0.25) is 0 Å². The fourth-order valence-electron chi connectivity index (χ4n) is 1.66. The molecule has 126 valence electrons. The smallest absolute Gasteiger partial charge is 0.238 e. The molecule has 0 heterocycles. The number of anilines is 1. The highest BCUT2D eigenvalue weighted by molar-refractivity contribution is 5.94. The number of hydrogen-bond donors (Lipinski definition) is 2. The largest absolute Gasteiger partial charge is 0.497 e. The van der Waals surface area contributed by atoms with Crippen molar-refractivity contribution >= 4 is 24.0 Å². The maximum Gasteiger partial charge on any atom is 0.238 e. The molecular weight excluding hydrogens is 308 g/mol. The van der Waals surface area contributed by atoms with Gasteiger partial charge in [-0.3, -0.25) is 4.79 Å². The Morgan fingerprint density at radius 2 is 2.00 bits per heavy atom. The summed E-state index contributed by atoms with van der Waals surface area (Å²) in [5, 5.41) is 5.81. The topological polar surface area (TPSA) is 68.8 Å². The number of nitrogens with one attached hydrogen (secondary N) is 2. The molecule has 0 aliphatic rings. The molecule has 7 heteroatoms. The normalized spacial score (nSPS) is 10.0. The van der Waals surface area contributed by atoms with Crippen LogP contribution in [0.25, 0.3) is 0 Å². The third kappa shape index (κ3) is 7.49. The van der Waals surface area contributed by atoms with Crippen molar-refractivity contribution in [1.29, 1.82) is 0 Å². The molecule has 0 aliphatic carbocycles. The number of methoxy groups -OCH3 is 2. The number of carbonyl (C=O) groups is 1. The Morgan fingerprint density at radius 3 is 2.59 bits per heavy atom. The van der Waals surface area contributed by atoms with E-state index in [4.69, 9.17) is 14.2 Å². The Bertz CT molecular complexity index is 455. The first kappa shape index (κ1) is 20.5. The van der Waals surface area contributed by atoms with Gasteiger partial charge in [0.25, 0.3) is 0 Å². The van der Waals surface area contributed by atoms with Crippen LogP contribution in [0.3, 0.4) is 0 Å². The van der Waals surface area contributed by atoms with Gasteiger partial charge in [0.05, 0.1) is 32.1 Å². The zero-order chi connectivity index (χ0) is 15.7. The SMILES string of the molecule is COCCNCC(=O)Nc1cc(OC)ccc1OC(C)C.Cl. The summed E-state index contributed by atoms with van der Waals surface area (Å²) in [5.74, 6) is 1.14. The summed E-state index contributed by atoms with van der Waals surface area (Å²) in [7, 11) is 3.20. The number of rotatable bonds is 9. The second kappa shape index (κ2) is 11.1. The van der Waals surface area contributed by atoms with Crippen molar-refractivity contribution in [3.8, 4) is 11.5 Å². The van der Waals surface area contributed by atoms with Gasteiger partial charge >= 0.3 is 0 Å². The van der Waals surface area contributed by atoms with Crippen LogP contribution in [0.1, 0.15) is 13.8 Å². The minimum atomic E-state index is -0.145. The number of halogens is 1. The predicted octanol–water partition coefficient (Wildman–Crippen LogP) is 2.08. The van der Waals surface area contributed by atoms with E-state index in [1.165, 1.54) is 0 Å². The van der Waals surface area contributed by atoms with Gasteiger partial charge in [-0.15, -0.1) is 12.4 Å². The fraction of sp³-hybridized carbons (Fsp3) is 0.533. The summed E-state index contributed by atoms with van der Waals surface area (Å²) < 4.78 is 15.8. The minimum Gasteiger partial charge on any atom is -0.497 e. The number of hydrogen-bond acceptors (Lipinski definition) is 5. The summed E-state index contributed by atoms with van der Waals surface area (Å²) in [6, 6.07) is 5.32. The van der Waals surface area contributed by atoms with E-state index in [1.807, 2.05) is 13.8 Å². The van der Waals surface area contributed by atoms with Gasteiger partial charge in [0.1, 0.15) is 11.5 Å². The first-order valence-corrected chi connectivity index (χ1v) is 6.91. The van der Waals surface area contributed by atoms with Crippen molar-refractivity contribution in [3.63, 3.8) is 0 Å². The number of carbonyl (C=O) groups excluding carboxylic acids is 1. The molecule has 2 N–H and O–H groups in total. The highest BCUT2D eigenvalue weighted by Crippen LogP contribution is 2.29. The molecule has 6 nitrogen and oxygen atoms in total. The monoisotopic (exact) mass is 332 g/mol. The Balaban J connectivity index is 0.00000441. The van der Waals surface area contributed by atoms with Gasteiger partial charge < -0.3 is 24.8 Å². The molecule has 0 saturated carbocycles. The maximum atomic E-state index is 11.9. The van der Waals surface area contributed by atoms with Crippen LogP contribution >= 0.6 is 12.4 Å². The van der Waals surface area contributed by atoms with E-state index in [-0.39, 0.29) is 31.0 Å². The van der Waals surface area contributed by atoms with Crippen LogP contribution < -0.4 is 20.1 Å². The standard InChI is InChI=1S/C15H24N2O4.ClH/c1-11(2)21-14-6-5-12(20-4)9-13(14)17-15(18)10-16-7-8-19-3;/h5-6,9,11,16H,7-8,10H2,1-4H3,(H,17,18);1H. The van der Waals surface area contributed by atoms with Crippen molar-refractivity contribution in [1.82, 2.24) is 5.32 Å². The summed E-state index contributed by atoms with van der Waals surface area (Å²) in [4.78, 5) is 11.9. The number of ether oxygens (including phenoxy) is 3. The zero-order valence-corrected chi connectivity index (χ0v) is 14.3. The third-order valence-electron chi connectivity index (χ3n) is 2.59. The third-order valence-corrected chi connectivity index (χ3v) is 2.59. The van der Waals surface area contributed by atoms with E-state index in [0.717, 1.165) is 0 Å². The lowest BCUT2D eigenvalue weighted by Gasteiger charge is -2.16. The van der Waals surface area contributed by atoms with Gasteiger partial charge in [-0.05, 0) is 26.0 Å². The average molecular weight is 333 g/mol. The molecule has 0 unspecified atom stereocenters. The van der Waals surface area contributed by atoms with E-state index < -0.39 is 0 Å². The van der Waals surface area contributed by atoms with Crippen LogP contribution in [0.4, 0.5) is 5.69 Å². The van der Waals surface area contributed by atoms with Gasteiger partial charge in [0, 0.05) is 19.7 Å². The lowest BCUT2D eigenvalue weighted by atomic mass is 10.2. The molecule has 0 aliphatic heterocycles. The van der Waals surface area contributed by atoms with Gasteiger partial charge in [0.2, 0.25) is 5.91 Å². The molecule has 0 fully saturated rings. The first-order valence-electron chi connectivity index (χ1n) is 6.91. The maximum absolute atomic E-state index is 11.9. The van der Waals surface area contributed by atoms with Crippen LogP contribution in [0.15, 0.2) is 18.2 Å². The summed E-state index contributed by atoms with van der Waals surface area (Å²) in [5.41, 5.74) is 0.599. The van der Waals surface area contributed by atoms with Gasteiger partial charge in [-0.1, -0.05) is 0 Å². The Hall–Kier alpha value is -1.50. The van der Waals surface area contributed by atoms with Crippen LogP contribution in [0, 0.1) is 0 Å². The molecule has 1 aromatic rings. The molecule has 0 saturated heterocycles.